The van der Waals surface area contributed by atoms with E-state index in [0.717, 1.165) is 11.8 Å². The van der Waals surface area contributed by atoms with Crippen molar-refractivity contribution >= 4 is 0 Å². The lowest BCUT2D eigenvalue weighted by Gasteiger charge is -2.51. The SMILES string of the molecule is CCCCC(CC(C)C)([C](C)C(C)(CC)CCC)C(C)C. The van der Waals surface area contributed by atoms with E-state index in [1.165, 1.54) is 44.9 Å². The standard InChI is InChI=1S/C21H43/c1-10-13-15-21(18(6)7,16-17(4)5)19(8)20(9,12-3)14-11-2/h17-18H,10-16H2,1-9H3. The summed E-state index contributed by atoms with van der Waals surface area (Å²) in [5.41, 5.74) is 0.853. The van der Waals surface area contributed by atoms with Gasteiger partial charge in [-0.1, -0.05) is 88.0 Å². The van der Waals surface area contributed by atoms with Gasteiger partial charge in [-0.3, -0.25) is 0 Å². The van der Waals surface area contributed by atoms with E-state index in [9.17, 15) is 0 Å². The quantitative estimate of drug-likeness (QED) is 0.366. The van der Waals surface area contributed by atoms with Gasteiger partial charge in [-0.15, -0.1) is 0 Å². The van der Waals surface area contributed by atoms with Gasteiger partial charge in [-0.25, -0.2) is 0 Å². The summed E-state index contributed by atoms with van der Waals surface area (Å²) in [5.74, 6) is 3.33. The molecular weight excluding hydrogens is 252 g/mol. The van der Waals surface area contributed by atoms with Crippen LogP contribution in [0.1, 0.15) is 107 Å². The number of hydrogen-bond donors (Lipinski definition) is 0. The van der Waals surface area contributed by atoms with Crippen molar-refractivity contribution in [2.24, 2.45) is 22.7 Å². The van der Waals surface area contributed by atoms with Crippen LogP contribution in [0, 0.1) is 28.6 Å². The van der Waals surface area contributed by atoms with Crippen molar-refractivity contribution in [2.75, 3.05) is 0 Å². The molecule has 0 aliphatic carbocycles. The van der Waals surface area contributed by atoms with Crippen LogP contribution in [0.2, 0.25) is 0 Å². The second-order valence-electron chi connectivity index (χ2n) is 8.30. The van der Waals surface area contributed by atoms with Gasteiger partial charge in [0.25, 0.3) is 0 Å². The molecule has 0 N–H and O–H groups in total. The first-order chi connectivity index (χ1) is 9.70. The van der Waals surface area contributed by atoms with Gasteiger partial charge in [0.15, 0.2) is 0 Å². The Morgan fingerprint density at radius 3 is 1.81 bits per heavy atom. The molecule has 127 valence electrons. The van der Waals surface area contributed by atoms with Gasteiger partial charge in [0.05, 0.1) is 0 Å². The van der Waals surface area contributed by atoms with Crippen molar-refractivity contribution < 1.29 is 0 Å². The fourth-order valence-corrected chi connectivity index (χ4v) is 4.40. The lowest BCUT2D eigenvalue weighted by molar-refractivity contribution is 0.0836. The molecule has 0 aromatic rings. The van der Waals surface area contributed by atoms with Crippen molar-refractivity contribution in [1.82, 2.24) is 0 Å². The Morgan fingerprint density at radius 1 is 0.905 bits per heavy atom. The first kappa shape index (κ1) is 21.0. The van der Waals surface area contributed by atoms with Crippen LogP contribution in [-0.2, 0) is 0 Å². The fourth-order valence-electron chi connectivity index (χ4n) is 4.40. The number of hydrogen-bond acceptors (Lipinski definition) is 0. The van der Waals surface area contributed by atoms with Gasteiger partial charge in [0, 0.05) is 0 Å². The molecule has 1 radical (unpaired) electrons. The van der Waals surface area contributed by atoms with Crippen molar-refractivity contribution in [3.63, 3.8) is 0 Å². The summed E-state index contributed by atoms with van der Waals surface area (Å²) in [6.45, 7) is 21.8. The van der Waals surface area contributed by atoms with Crippen LogP contribution in [0.5, 0.6) is 0 Å². The third kappa shape index (κ3) is 5.29. The molecule has 0 nitrogen and oxygen atoms in total. The Labute approximate surface area is 136 Å². The molecule has 2 atom stereocenters. The van der Waals surface area contributed by atoms with Gasteiger partial charge in [-0.05, 0) is 47.8 Å². The minimum atomic E-state index is 0.418. The molecule has 0 aliphatic heterocycles. The number of unbranched alkanes of at least 4 members (excludes halogenated alkanes) is 1. The average Bonchev–Trinajstić information content (AvgIpc) is 2.42. The second kappa shape index (κ2) is 9.21. The summed E-state index contributed by atoms with van der Waals surface area (Å²) in [6, 6.07) is 0. The van der Waals surface area contributed by atoms with Gasteiger partial charge >= 0.3 is 0 Å². The monoisotopic (exact) mass is 295 g/mol. The summed E-state index contributed by atoms with van der Waals surface area (Å²) in [5, 5.41) is 0. The van der Waals surface area contributed by atoms with Crippen LogP contribution in [0.15, 0.2) is 0 Å². The van der Waals surface area contributed by atoms with E-state index >= 15 is 0 Å². The van der Waals surface area contributed by atoms with Gasteiger partial charge in [0.1, 0.15) is 0 Å². The summed E-state index contributed by atoms with van der Waals surface area (Å²) in [6.07, 6.45) is 9.34. The molecular formula is C21H43. The molecule has 0 heterocycles. The minimum Gasteiger partial charge on any atom is -0.0654 e. The highest BCUT2D eigenvalue weighted by Crippen LogP contribution is 2.56. The molecule has 0 saturated carbocycles. The summed E-state index contributed by atoms with van der Waals surface area (Å²) in [4.78, 5) is 0. The smallest absolute Gasteiger partial charge is 0.0149 e. The van der Waals surface area contributed by atoms with Crippen LogP contribution in [-0.4, -0.2) is 0 Å². The molecule has 0 amide bonds. The lowest BCUT2D eigenvalue weighted by atomic mass is 9.53. The molecule has 21 heavy (non-hydrogen) atoms. The van der Waals surface area contributed by atoms with E-state index in [1.807, 2.05) is 0 Å². The van der Waals surface area contributed by atoms with Crippen LogP contribution in [0.3, 0.4) is 0 Å². The molecule has 0 heteroatoms. The molecule has 0 aliphatic rings. The highest BCUT2D eigenvalue weighted by molar-refractivity contribution is 5.14. The van der Waals surface area contributed by atoms with Crippen molar-refractivity contribution in [1.29, 1.82) is 0 Å². The third-order valence-corrected chi connectivity index (χ3v) is 6.09. The molecule has 0 fully saturated rings. The Balaban J connectivity index is 5.60. The zero-order chi connectivity index (χ0) is 16.7. The molecule has 0 spiro atoms. The third-order valence-electron chi connectivity index (χ3n) is 6.09. The molecule has 2 unspecified atom stereocenters. The average molecular weight is 296 g/mol. The van der Waals surface area contributed by atoms with Crippen LogP contribution in [0.4, 0.5) is 0 Å². The maximum Gasteiger partial charge on any atom is -0.0149 e. The minimum absolute atomic E-state index is 0.418. The van der Waals surface area contributed by atoms with Gasteiger partial charge in [-0.2, -0.15) is 0 Å². The molecule has 0 rings (SSSR count). The van der Waals surface area contributed by atoms with E-state index in [0.29, 0.717) is 10.8 Å². The Bertz CT molecular complexity index is 265. The van der Waals surface area contributed by atoms with E-state index < -0.39 is 0 Å². The van der Waals surface area contributed by atoms with E-state index in [4.69, 9.17) is 0 Å². The van der Waals surface area contributed by atoms with Crippen molar-refractivity contribution in [3.05, 3.63) is 5.92 Å². The van der Waals surface area contributed by atoms with Crippen LogP contribution >= 0.6 is 0 Å². The normalized spacial score (nSPS) is 18.3. The molecule has 0 bridgehead atoms. The maximum absolute atomic E-state index is 2.52. The zero-order valence-corrected chi connectivity index (χ0v) is 16.6. The first-order valence-corrected chi connectivity index (χ1v) is 9.54. The van der Waals surface area contributed by atoms with E-state index in [1.54, 1.807) is 5.92 Å². The number of rotatable bonds is 11. The van der Waals surface area contributed by atoms with Crippen molar-refractivity contribution in [3.8, 4) is 0 Å². The molecule has 0 aromatic carbocycles. The first-order valence-electron chi connectivity index (χ1n) is 9.54. The highest BCUT2D eigenvalue weighted by atomic mass is 14.5. The summed E-state index contributed by atoms with van der Waals surface area (Å²) < 4.78 is 0. The van der Waals surface area contributed by atoms with Gasteiger partial charge < -0.3 is 0 Å². The summed E-state index contributed by atoms with van der Waals surface area (Å²) in [7, 11) is 0. The predicted octanol–water partition coefficient (Wildman–Crippen LogP) is 7.68. The maximum atomic E-state index is 2.52. The van der Waals surface area contributed by atoms with Crippen molar-refractivity contribution in [2.45, 2.75) is 107 Å². The fraction of sp³-hybridized carbons (Fsp3) is 0.952. The predicted molar refractivity (Wildman–Crippen MR) is 98.5 cm³/mol. The molecule has 0 aromatic heterocycles. The Morgan fingerprint density at radius 2 is 1.48 bits per heavy atom. The van der Waals surface area contributed by atoms with Gasteiger partial charge in [0.2, 0.25) is 0 Å². The van der Waals surface area contributed by atoms with Crippen LogP contribution in [0.25, 0.3) is 0 Å². The van der Waals surface area contributed by atoms with Crippen LogP contribution < -0.4 is 0 Å². The van der Waals surface area contributed by atoms with E-state index in [-0.39, 0.29) is 0 Å². The Hall–Kier alpha value is 0. The largest absolute Gasteiger partial charge is 0.0654 e. The lowest BCUT2D eigenvalue weighted by Crippen LogP contribution is -2.42. The highest BCUT2D eigenvalue weighted by Gasteiger charge is 2.46. The Kier molecular flexibility index (Phi) is 9.21. The zero-order valence-electron chi connectivity index (χ0n) is 16.6. The topological polar surface area (TPSA) is 0 Å². The summed E-state index contributed by atoms with van der Waals surface area (Å²) >= 11 is 0. The molecule has 0 saturated heterocycles. The van der Waals surface area contributed by atoms with E-state index in [2.05, 4.69) is 62.3 Å². The second-order valence-corrected chi connectivity index (χ2v) is 8.30.